The van der Waals surface area contributed by atoms with Crippen molar-refractivity contribution >= 4 is 16.9 Å². The Hall–Kier alpha value is -3.58. The minimum absolute atomic E-state index is 0.0110. The molecular formula is C41H52N6O3. The number of aromatic amines is 1. The summed E-state index contributed by atoms with van der Waals surface area (Å²) >= 11 is 0. The Morgan fingerprint density at radius 3 is 2.78 bits per heavy atom. The second kappa shape index (κ2) is 11.5. The van der Waals surface area contributed by atoms with E-state index in [-0.39, 0.29) is 52.8 Å². The highest BCUT2D eigenvalue weighted by atomic mass is 16.3. The predicted octanol–water partition coefficient (Wildman–Crippen LogP) is 4.55. The molecule has 0 radical (unpaired) electrons. The molecule has 2 heterocycles. The van der Waals surface area contributed by atoms with Gasteiger partial charge >= 0.3 is 0 Å². The van der Waals surface area contributed by atoms with E-state index in [9.17, 15) is 15.3 Å². The van der Waals surface area contributed by atoms with E-state index in [0.29, 0.717) is 12.3 Å². The normalized spacial score (nSPS) is 43.4. The number of fused-ring (bicyclic) bond motifs is 2. The van der Waals surface area contributed by atoms with E-state index >= 15 is 0 Å². The topological polar surface area (TPSA) is 145 Å². The van der Waals surface area contributed by atoms with Crippen LogP contribution < -0.4 is 11.1 Å². The number of aliphatic hydroxyl groups excluding tert-OH is 1. The summed E-state index contributed by atoms with van der Waals surface area (Å²) in [6.07, 6.45) is 16.0. The lowest BCUT2D eigenvalue weighted by atomic mass is 9.46. The number of rotatable bonds is 5. The van der Waals surface area contributed by atoms with Gasteiger partial charge in [-0.05, 0) is 111 Å². The molecule has 0 aliphatic heterocycles. The number of para-hydroxylation sites is 1. The van der Waals surface area contributed by atoms with E-state index < -0.39 is 23.3 Å². The molecule has 12 atom stereocenters. The largest absolute Gasteiger partial charge is 0.390 e. The van der Waals surface area contributed by atoms with Gasteiger partial charge in [0.15, 0.2) is 5.96 Å². The van der Waals surface area contributed by atoms with Crippen molar-refractivity contribution in [1.29, 1.82) is 0 Å². The second-order valence-electron chi connectivity index (χ2n) is 17.2. The number of H-pyrrole nitrogens is 1. The Balaban J connectivity index is 1.23. The van der Waals surface area contributed by atoms with Gasteiger partial charge in [0.2, 0.25) is 0 Å². The Labute approximate surface area is 294 Å². The molecule has 0 saturated heterocycles. The Kier molecular flexibility index (Phi) is 7.41. The quantitative estimate of drug-likeness (QED) is 0.101. The maximum absolute atomic E-state index is 12.9. The van der Waals surface area contributed by atoms with Crippen LogP contribution in [0.3, 0.4) is 0 Å². The molecule has 50 heavy (non-hydrogen) atoms. The maximum Gasteiger partial charge on any atom is 0.189 e. The fourth-order valence-electron chi connectivity index (χ4n) is 12.6. The first-order chi connectivity index (χ1) is 24.0. The summed E-state index contributed by atoms with van der Waals surface area (Å²) in [5, 5.41) is 41.8. The van der Waals surface area contributed by atoms with Crippen LogP contribution in [0.5, 0.6) is 0 Å². The highest BCUT2D eigenvalue weighted by Gasteiger charge is 2.71. The number of hydrogen-bond donors (Lipinski definition) is 6. The molecule has 5 fully saturated rings. The third-order valence-electron chi connectivity index (χ3n) is 14.7. The number of nitrogens with one attached hydrogen (secondary N) is 2. The van der Waals surface area contributed by atoms with Gasteiger partial charge in [0, 0.05) is 61.4 Å². The predicted molar refractivity (Wildman–Crippen MR) is 193 cm³/mol. The molecule has 1 aromatic carbocycles. The lowest BCUT2D eigenvalue weighted by Gasteiger charge is -2.58. The van der Waals surface area contributed by atoms with Crippen LogP contribution in [0, 0.1) is 58.2 Å². The van der Waals surface area contributed by atoms with Crippen molar-refractivity contribution in [2.45, 2.75) is 101 Å². The summed E-state index contributed by atoms with van der Waals surface area (Å²) in [5.74, 6) is 8.02. The van der Waals surface area contributed by atoms with E-state index in [0.717, 1.165) is 63.4 Å². The number of aromatic nitrogens is 3. The van der Waals surface area contributed by atoms with Gasteiger partial charge in [0.25, 0.3) is 0 Å². The molecule has 12 unspecified atom stereocenters. The van der Waals surface area contributed by atoms with Crippen molar-refractivity contribution in [2.75, 3.05) is 7.05 Å². The molecular weight excluding hydrogens is 624 g/mol. The maximum atomic E-state index is 12.9. The van der Waals surface area contributed by atoms with Crippen LogP contribution in [0.1, 0.15) is 70.4 Å². The molecule has 2 aromatic heterocycles. The summed E-state index contributed by atoms with van der Waals surface area (Å²) in [7, 11) is 1.65. The number of aliphatic imine (C=N–C) groups is 1. The van der Waals surface area contributed by atoms with E-state index in [1.807, 2.05) is 19.4 Å². The van der Waals surface area contributed by atoms with Gasteiger partial charge in [-0.1, -0.05) is 41.7 Å². The van der Waals surface area contributed by atoms with Crippen molar-refractivity contribution < 1.29 is 15.3 Å². The third-order valence-corrected chi connectivity index (χ3v) is 14.7. The average Bonchev–Trinajstić information content (AvgIpc) is 3.87. The summed E-state index contributed by atoms with van der Waals surface area (Å²) < 4.78 is 2.22. The first-order valence-corrected chi connectivity index (χ1v) is 18.9. The monoisotopic (exact) mass is 676 g/mol. The number of nitrogens with zero attached hydrogens (tertiary/aromatic N) is 3. The standard InChI is InChI=1S/C41H52N6O3/c1-38(49)27-8-10-32-36-33(38)17-35(48)41(36,50)22-30(46-37(42)43-2)9-7-28-19-39(12-11-25(18-39)23-47-14-13-44-24-47)20-29(40(28,32)21-27)16-31-15-26-5-3-4-6-34(26)45-31/h3-6,13-15,20,24-25,27-28,30,32-33,35-36,45,48-50H,8,10-12,16-19,21-23H2,1-2H3,(H3,42,43,46). The third kappa shape index (κ3) is 4.85. The minimum atomic E-state index is -1.43. The molecule has 7 aliphatic carbocycles. The number of benzene rings is 1. The molecule has 10 rings (SSSR count). The lowest BCUT2D eigenvalue weighted by Crippen LogP contribution is -2.56. The first-order valence-electron chi connectivity index (χ1n) is 18.9. The van der Waals surface area contributed by atoms with E-state index in [4.69, 9.17) is 5.73 Å². The van der Waals surface area contributed by atoms with Crippen LogP contribution in [-0.2, 0) is 13.0 Å². The van der Waals surface area contributed by atoms with Crippen molar-refractivity contribution in [3.63, 3.8) is 0 Å². The number of aliphatic hydroxyl groups is 3. The average molecular weight is 677 g/mol. The molecule has 3 aromatic rings. The molecule has 7 aliphatic rings. The highest BCUT2D eigenvalue weighted by Crippen LogP contribution is 2.72. The molecule has 7 N–H and O–H groups in total. The molecule has 4 bridgehead atoms. The van der Waals surface area contributed by atoms with Gasteiger partial charge in [0.1, 0.15) is 0 Å². The van der Waals surface area contributed by atoms with Crippen LogP contribution in [0.15, 0.2) is 65.7 Å². The fraction of sp³-hybridized carbons (Fsp3) is 0.610. The van der Waals surface area contributed by atoms with Crippen LogP contribution in [0.25, 0.3) is 10.9 Å². The molecule has 2 spiro atoms. The zero-order valence-corrected chi connectivity index (χ0v) is 29.4. The van der Waals surface area contributed by atoms with Gasteiger partial charge < -0.3 is 35.9 Å². The summed E-state index contributed by atoms with van der Waals surface area (Å²) in [5.41, 5.74) is 7.23. The zero-order valence-electron chi connectivity index (χ0n) is 29.4. The van der Waals surface area contributed by atoms with Gasteiger partial charge in [-0.2, -0.15) is 0 Å². The summed E-state index contributed by atoms with van der Waals surface area (Å²) in [6.45, 7) is 2.97. The number of nitrogens with two attached hydrogens (primary N) is 1. The minimum Gasteiger partial charge on any atom is -0.390 e. The number of imidazole rings is 1. The number of hydrogen-bond acceptors (Lipinski definition) is 5. The van der Waals surface area contributed by atoms with Crippen molar-refractivity contribution in [2.24, 2.45) is 57.1 Å². The Morgan fingerprint density at radius 1 is 1.12 bits per heavy atom. The summed E-state index contributed by atoms with van der Waals surface area (Å²) in [6, 6.07) is 10.3. The van der Waals surface area contributed by atoms with E-state index in [2.05, 4.69) is 79.3 Å². The smallest absolute Gasteiger partial charge is 0.189 e. The Morgan fingerprint density at radius 2 is 1.98 bits per heavy atom. The highest BCUT2D eigenvalue weighted by molar-refractivity contribution is 5.80. The first kappa shape index (κ1) is 32.3. The SMILES string of the molecule is CN=C(N)NC1C#CC2CC3(C=C(Cc4cc5ccccc5[nH]4)C24CC2CCC4C4C(CC(O)C4(O)C1)C2(C)O)CCC(Cn1ccnc1)C3. The van der Waals surface area contributed by atoms with Crippen molar-refractivity contribution in [3.05, 3.63) is 66.4 Å². The van der Waals surface area contributed by atoms with Crippen molar-refractivity contribution in [1.82, 2.24) is 19.9 Å². The molecule has 264 valence electrons. The number of allylic oxidation sites excluding steroid dienone is 2. The summed E-state index contributed by atoms with van der Waals surface area (Å²) in [4.78, 5) is 12.2. The van der Waals surface area contributed by atoms with Crippen LogP contribution in [0.4, 0.5) is 0 Å². The second-order valence-corrected chi connectivity index (χ2v) is 17.2. The van der Waals surface area contributed by atoms with Gasteiger partial charge in [0.05, 0.1) is 29.7 Å². The molecule has 9 heteroatoms. The van der Waals surface area contributed by atoms with Crippen LogP contribution in [0.2, 0.25) is 0 Å². The zero-order chi connectivity index (χ0) is 34.5. The van der Waals surface area contributed by atoms with Crippen molar-refractivity contribution in [3.8, 4) is 11.8 Å². The van der Waals surface area contributed by atoms with E-state index in [1.54, 1.807) is 7.05 Å². The number of guanidine groups is 1. The molecule has 0 amide bonds. The Bertz CT molecular complexity index is 1870. The van der Waals surface area contributed by atoms with Crippen LogP contribution >= 0.6 is 0 Å². The molecule has 9 nitrogen and oxygen atoms in total. The van der Waals surface area contributed by atoms with Crippen LogP contribution in [-0.4, -0.2) is 66.2 Å². The van der Waals surface area contributed by atoms with Gasteiger partial charge in [-0.15, -0.1) is 0 Å². The molecule has 5 saturated carbocycles. The van der Waals surface area contributed by atoms with Gasteiger partial charge in [-0.3, -0.25) is 4.99 Å². The van der Waals surface area contributed by atoms with Gasteiger partial charge in [-0.25, -0.2) is 4.98 Å². The fourth-order valence-corrected chi connectivity index (χ4v) is 12.6. The van der Waals surface area contributed by atoms with E-state index in [1.165, 1.54) is 16.7 Å². The lowest BCUT2D eigenvalue weighted by molar-refractivity contribution is -0.128.